The molecule has 0 saturated heterocycles. The highest BCUT2D eigenvalue weighted by Crippen LogP contribution is 2.26. The van der Waals surface area contributed by atoms with Gasteiger partial charge in [-0.15, -0.1) is 0 Å². The van der Waals surface area contributed by atoms with Gasteiger partial charge in [0.1, 0.15) is 4.90 Å². The molecule has 7 nitrogen and oxygen atoms in total. The van der Waals surface area contributed by atoms with E-state index in [0.29, 0.717) is 40.5 Å². The van der Waals surface area contributed by atoms with Crippen LogP contribution in [-0.2, 0) is 26.6 Å². The van der Waals surface area contributed by atoms with E-state index in [4.69, 9.17) is 11.6 Å². The lowest BCUT2D eigenvalue weighted by atomic mass is 10.1. The summed E-state index contributed by atoms with van der Waals surface area (Å²) < 4.78 is 34.4. The van der Waals surface area contributed by atoms with Crippen LogP contribution in [0.15, 0.2) is 23.1 Å². The molecule has 0 saturated carbocycles. The topological polar surface area (TPSA) is 90.3 Å². The van der Waals surface area contributed by atoms with E-state index in [0.717, 1.165) is 0 Å². The Morgan fingerprint density at radius 2 is 2.07 bits per heavy atom. The van der Waals surface area contributed by atoms with Crippen LogP contribution in [0.3, 0.4) is 0 Å². The molecule has 0 atom stereocenters. The first-order valence-electron chi connectivity index (χ1n) is 8.54. The molecule has 150 valence electrons. The van der Waals surface area contributed by atoms with Gasteiger partial charge in [0.05, 0.1) is 29.7 Å². The van der Waals surface area contributed by atoms with Gasteiger partial charge in [0, 0.05) is 24.9 Å². The number of carbonyl (C=O) groups is 1. The third-order valence-corrected chi connectivity index (χ3v) is 5.92. The second-order valence-corrected chi connectivity index (χ2v) is 8.21. The largest absolute Gasteiger partial charge is 0.469 e. The molecule has 1 aromatic carbocycles. The van der Waals surface area contributed by atoms with Crippen molar-refractivity contribution in [2.45, 2.75) is 38.0 Å². The highest BCUT2D eigenvalue weighted by atomic mass is 35.5. The summed E-state index contributed by atoms with van der Waals surface area (Å²) in [5.74, 6) is 5.56. The minimum atomic E-state index is -3.84. The molecule has 0 spiro atoms. The zero-order chi connectivity index (χ0) is 20.9. The van der Waals surface area contributed by atoms with Crippen molar-refractivity contribution < 1.29 is 17.9 Å². The average Bonchev–Trinajstić information content (AvgIpc) is 2.89. The van der Waals surface area contributed by atoms with Gasteiger partial charge in [0.2, 0.25) is 0 Å². The number of nitrogens with one attached hydrogen (secondary N) is 1. The number of rotatable bonds is 6. The monoisotopic (exact) mass is 423 g/mol. The van der Waals surface area contributed by atoms with Gasteiger partial charge in [-0.3, -0.25) is 14.2 Å². The van der Waals surface area contributed by atoms with E-state index >= 15 is 0 Å². The minimum Gasteiger partial charge on any atom is -0.469 e. The van der Waals surface area contributed by atoms with Gasteiger partial charge in [-0.05, 0) is 38.5 Å². The molecule has 0 unspecified atom stereocenters. The maximum absolute atomic E-state index is 12.9. The molecule has 2 rings (SSSR count). The summed E-state index contributed by atoms with van der Waals surface area (Å²) in [7, 11) is -0.818. The molecule has 1 aromatic heterocycles. The van der Waals surface area contributed by atoms with Gasteiger partial charge in [0.25, 0.3) is 10.0 Å². The first kappa shape index (κ1) is 21.8. The average molecular weight is 424 g/mol. The van der Waals surface area contributed by atoms with Crippen molar-refractivity contribution in [3.05, 3.63) is 40.2 Å². The molecule has 1 heterocycles. The van der Waals surface area contributed by atoms with E-state index in [9.17, 15) is 13.2 Å². The first-order valence-corrected chi connectivity index (χ1v) is 10.4. The molecular formula is C19H22ClN3O4S. The highest BCUT2D eigenvalue weighted by Gasteiger charge is 2.24. The fraction of sp³-hybridized carbons (Fsp3) is 0.368. The number of carbonyl (C=O) groups excluding carboxylic acids is 1. The van der Waals surface area contributed by atoms with Crippen LogP contribution in [0.1, 0.15) is 36.2 Å². The van der Waals surface area contributed by atoms with Gasteiger partial charge < -0.3 is 4.74 Å². The summed E-state index contributed by atoms with van der Waals surface area (Å²) in [6.45, 7) is 3.34. The van der Waals surface area contributed by atoms with Gasteiger partial charge in [-0.1, -0.05) is 23.4 Å². The van der Waals surface area contributed by atoms with Crippen molar-refractivity contribution in [2.24, 2.45) is 7.05 Å². The van der Waals surface area contributed by atoms with E-state index < -0.39 is 10.0 Å². The van der Waals surface area contributed by atoms with E-state index in [2.05, 4.69) is 26.4 Å². The van der Waals surface area contributed by atoms with E-state index in [1.165, 1.54) is 11.8 Å². The lowest BCUT2D eigenvalue weighted by molar-refractivity contribution is -0.140. The Bertz CT molecular complexity index is 1050. The standard InChI is InChI=1S/C19H22ClN3O4S/c1-13-19(14(2)23(3)21-13)28(25,26)22-17-11-10-16(20)12-15(17)8-6-5-7-9-18(24)27-4/h10-12,22H,5,7,9H2,1-4H3. The maximum atomic E-state index is 12.9. The minimum absolute atomic E-state index is 0.141. The Hall–Kier alpha value is -2.50. The van der Waals surface area contributed by atoms with Crippen LogP contribution in [0.2, 0.25) is 5.02 Å². The molecule has 0 radical (unpaired) electrons. The number of esters is 1. The lowest BCUT2D eigenvalue weighted by Gasteiger charge is -2.10. The van der Waals surface area contributed by atoms with Gasteiger partial charge in [-0.2, -0.15) is 5.10 Å². The number of hydrogen-bond acceptors (Lipinski definition) is 5. The van der Waals surface area contributed by atoms with Gasteiger partial charge in [0.15, 0.2) is 0 Å². The van der Waals surface area contributed by atoms with Crippen molar-refractivity contribution in [3.63, 3.8) is 0 Å². The molecule has 1 N–H and O–H groups in total. The normalized spacial score (nSPS) is 10.9. The number of hydrogen-bond donors (Lipinski definition) is 1. The molecule has 0 amide bonds. The number of aryl methyl sites for hydroxylation is 2. The zero-order valence-corrected chi connectivity index (χ0v) is 17.7. The SMILES string of the molecule is COC(=O)CCCC#Cc1cc(Cl)ccc1NS(=O)(=O)c1c(C)nn(C)c1C. The van der Waals surface area contributed by atoms with Crippen LogP contribution in [0.5, 0.6) is 0 Å². The molecular weight excluding hydrogens is 402 g/mol. The van der Waals surface area contributed by atoms with E-state index in [-0.39, 0.29) is 17.3 Å². The van der Waals surface area contributed by atoms with E-state index in [1.54, 1.807) is 39.1 Å². The summed E-state index contributed by atoms with van der Waals surface area (Å²) in [6.07, 6.45) is 1.30. The van der Waals surface area contributed by atoms with Crippen LogP contribution < -0.4 is 4.72 Å². The quantitative estimate of drug-likeness (QED) is 0.437. The number of nitrogens with zero attached hydrogens (tertiary/aromatic N) is 2. The molecule has 9 heteroatoms. The molecule has 0 aliphatic rings. The Morgan fingerprint density at radius 3 is 2.68 bits per heavy atom. The van der Waals surface area contributed by atoms with Crippen LogP contribution in [0, 0.1) is 25.7 Å². The second-order valence-electron chi connectivity index (χ2n) is 6.15. The summed E-state index contributed by atoms with van der Waals surface area (Å²) in [5, 5.41) is 4.60. The fourth-order valence-corrected chi connectivity index (χ4v) is 4.32. The van der Waals surface area contributed by atoms with Crippen LogP contribution in [0.25, 0.3) is 0 Å². The Labute approximate surface area is 170 Å². The highest BCUT2D eigenvalue weighted by molar-refractivity contribution is 7.92. The molecule has 0 bridgehead atoms. The third-order valence-electron chi connectivity index (χ3n) is 4.07. The Balaban J connectivity index is 2.26. The van der Waals surface area contributed by atoms with Crippen LogP contribution in [0.4, 0.5) is 5.69 Å². The number of sulfonamides is 1. The van der Waals surface area contributed by atoms with Crippen molar-refractivity contribution >= 4 is 33.3 Å². The predicted octanol–water partition coefficient (Wildman–Crippen LogP) is 3.19. The smallest absolute Gasteiger partial charge is 0.305 e. The molecule has 28 heavy (non-hydrogen) atoms. The molecule has 0 fully saturated rings. The Kier molecular flexibility index (Phi) is 7.11. The number of methoxy groups -OCH3 is 1. The van der Waals surface area contributed by atoms with Gasteiger partial charge in [-0.25, -0.2) is 8.42 Å². The van der Waals surface area contributed by atoms with E-state index in [1.807, 2.05) is 0 Å². The maximum Gasteiger partial charge on any atom is 0.305 e. The summed E-state index contributed by atoms with van der Waals surface area (Å²) in [4.78, 5) is 11.3. The second kappa shape index (κ2) is 9.13. The molecule has 0 aliphatic heterocycles. The fourth-order valence-electron chi connectivity index (χ4n) is 2.63. The number of unbranched alkanes of at least 4 members (excludes halogenated alkanes) is 1. The lowest BCUT2D eigenvalue weighted by Crippen LogP contribution is -2.15. The van der Waals surface area contributed by atoms with Crippen molar-refractivity contribution in [1.82, 2.24) is 9.78 Å². The Morgan fingerprint density at radius 1 is 1.36 bits per heavy atom. The third kappa shape index (κ3) is 5.27. The van der Waals surface area contributed by atoms with Gasteiger partial charge >= 0.3 is 5.97 Å². The zero-order valence-electron chi connectivity index (χ0n) is 16.2. The summed E-state index contributed by atoms with van der Waals surface area (Å²) in [6, 6.07) is 4.75. The number of ether oxygens (including phenoxy) is 1. The van der Waals surface area contributed by atoms with Crippen LogP contribution >= 0.6 is 11.6 Å². The summed E-state index contributed by atoms with van der Waals surface area (Å²) >= 11 is 6.04. The van der Waals surface area contributed by atoms with Crippen LogP contribution in [-0.4, -0.2) is 31.3 Å². The number of halogens is 1. The first-order chi connectivity index (χ1) is 13.2. The number of benzene rings is 1. The van der Waals surface area contributed by atoms with Crippen molar-refractivity contribution in [3.8, 4) is 11.8 Å². The molecule has 0 aliphatic carbocycles. The predicted molar refractivity (Wildman–Crippen MR) is 108 cm³/mol. The van der Waals surface area contributed by atoms with Crippen molar-refractivity contribution in [2.75, 3.05) is 11.8 Å². The number of anilines is 1. The van der Waals surface area contributed by atoms with Crippen molar-refractivity contribution in [1.29, 1.82) is 0 Å². The molecule has 2 aromatic rings. The summed E-state index contributed by atoms with van der Waals surface area (Å²) in [5.41, 5.74) is 1.73. The number of aromatic nitrogens is 2.